The van der Waals surface area contributed by atoms with E-state index in [1.807, 2.05) is 30.3 Å². The van der Waals surface area contributed by atoms with Crippen molar-refractivity contribution in [3.8, 4) is 11.5 Å². The minimum atomic E-state index is -0.960. The molecular formula is C36H52N3O7+. The Balaban J connectivity index is 1.03. The second-order valence-electron chi connectivity index (χ2n) is 14.0. The zero-order chi connectivity index (χ0) is 32.1. The quantitative estimate of drug-likeness (QED) is 0.145. The smallest absolute Gasteiger partial charge is 0.262 e. The summed E-state index contributed by atoms with van der Waals surface area (Å²) in [6.45, 7) is 7.24. The molecule has 10 nitrogen and oxygen atoms in total. The first-order valence-electron chi connectivity index (χ1n) is 17.4. The number of aliphatic hydroxyl groups excluding tert-OH is 1. The molecule has 4 heterocycles. The molecule has 0 aromatic heterocycles. The van der Waals surface area contributed by atoms with Crippen molar-refractivity contribution in [3.05, 3.63) is 53.6 Å². The van der Waals surface area contributed by atoms with E-state index >= 15 is 0 Å². The number of anilines is 1. The van der Waals surface area contributed by atoms with E-state index in [0.717, 1.165) is 74.8 Å². The Morgan fingerprint density at radius 2 is 1.89 bits per heavy atom. The number of benzene rings is 2. The van der Waals surface area contributed by atoms with Crippen molar-refractivity contribution in [2.75, 3.05) is 57.9 Å². The number of hydrogen-bond donors (Lipinski definition) is 5. The summed E-state index contributed by atoms with van der Waals surface area (Å²) >= 11 is 0. The Morgan fingerprint density at radius 1 is 1.13 bits per heavy atom. The molecule has 2 aromatic carbocycles. The van der Waals surface area contributed by atoms with Gasteiger partial charge < -0.3 is 39.3 Å². The van der Waals surface area contributed by atoms with Crippen LogP contribution in [0.5, 0.6) is 11.5 Å². The predicted octanol–water partition coefficient (Wildman–Crippen LogP) is 4.19. The zero-order valence-electron chi connectivity index (χ0n) is 27.2. The number of nitrogens with one attached hydrogen (secondary N) is 2. The maximum atomic E-state index is 12.0. The van der Waals surface area contributed by atoms with Crippen molar-refractivity contribution in [2.24, 2.45) is 11.8 Å². The van der Waals surface area contributed by atoms with Gasteiger partial charge in [-0.05, 0) is 36.8 Å². The average Bonchev–Trinajstić information content (AvgIpc) is 3.62. The number of aliphatic hydroxyl groups is 2. The zero-order valence-corrected chi connectivity index (χ0v) is 27.2. The molecule has 2 bridgehead atoms. The maximum Gasteiger partial charge on any atom is 0.262 e. The molecule has 4 fully saturated rings. The Hall–Kier alpha value is -2.73. The van der Waals surface area contributed by atoms with Crippen LogP contribution >= 0.6 is 0 Å². The molecule has 0 radical (unpaired) electrons. The van der Waals surface area contributed by atoms with E-state index in [0.29, 0.717) is 36.1 Å². The molecule has 46 heavy (non-hydrogen) atoms. The van der Waals surface area contributed by atoms with Crippen LogP contribution in [0.2, 0.25) is 0 Å². The highest BCUT2D eigenvalue weighted by molar-refractivity contribution is 5.96. The first-order valence-corrected chi connectivity index (χ1v) is 17.4. The number of aromatic hydroxyl groups is 1. The number of hydrogen-bond acceptors (Lipinski definition) is 8. The second kappa shape index (κ2) is 14.6. The number of amides is 1. The lowest BCUT2D eigenvalue weighted by molar-refractivity contribution is -0.946. The third-order valence-electron chi connectivity index (χ3n) is 10.9. The fraction of sp³-hybridized carbons (Fsp3) is 0.639. The molecule has 5 N–H and O–H groups in total. The van der Waals surface area contributed by atoms with Crippen molar-refractivity contribution >= 4 is 11.6 Å². The van der Waals surface area contributed by atoms with E-state index in [1.54, 1.807) is 0 Å². The number of quaternary nitrogens is 1. The highest BCUT2D eigenvalue weighted by Gasteiger charge is 2.48. The molecule has 1 aliphatic carbocycles. The molecular weight excluding hydrogens is 586 g/mol. The SMILES string of the molecule is CCCC(NC[C@H](O)c1cc(O)cc2c1OCC(=O)N2)OCC[N+]12CCC(CC1)[C@@H](OC[C@@](O)(c1ccccc1)C1CCCC1)C2. The Kier molecular flexibility index (Phi) is 10.5. The lowest BCUT2D eigenvalue weighted by atomic mass is 9.80. The van der Waals surface area contributed by atoms with E-state index in [-0.39, 0.29) is 43.1 Å². The van der Waals surface area contributed by atoms with Crippen LogP contribution in [-0.4, -0.2) is 90.6 Å². The fourth-order valence-electron chi connectivity index (χ4n) is 8.23. The number of phenols is 1. The van der Waals surface area contributed by atoms with E-state index < -0.39 is 11.7 Å². The average molecular weight is 639 g/mol. The Bertz CT molecular complexity index is 1310. The molecule has 1 amide bonds. The summed E-state index contributed by atoms with van der Waals surface area (Å²) < 4.78 is 19.6. The standard InChI is InChI=1S/C36H51N3O7/c1-2-8-34(37-21-31(41)29-19-28(40)20-30-35(29)45-23-33(42)38-30)44-18-17-39-15-13-25(14-16-39)32(22-39)46-24-36(43,27-11-6-7-12-27)26-9-4-3-5-10-26/h3-5,9-10,19-20,25,27,31-32,34,37,41,43H,2,6-8,11-18,21-24H2,1H3,(H-,38,40,42)/p+1/t25?,31-,32-,34?,36+,39?/m0/s1. The van der Waals surface area contributed by atoms with Crippen LogP contribution in [0.1, 0.15) is 75.5 Å². The van der Waals surface area contributed by atoms with Gasteiger partial charge in [0.15, 0.2) is 6.61 Å². The molecule has 3 saturated heterocycles. The number of fused-ring (bicyclic) bond motifs is 4. The summed E-state index contributed by atoms with van der Waals surface area (Å²) in [6.07, 6.45) is 7.38. The first-order chi connectivity index (χ1) is 22.3. The monoisotopic (exact) mass is 638 g/mol. The van der Waals surface area contributed by atoms with Gasteiger partial charge in [-0.3, -0.25) is 10.1 Å². The van der Waals surface area contributed by atoms with Crippen LogP contribution in [-0.2, 0) is 19.9 Å². The summed E-state index contributed by atoms with van der Waals surface area (Å²) in [5.41, 5.74) is 0.810. The van der Waals surface area contributed by atoms with Crippen molar-refractivity contribution in [3.63, 3.8) is 0 Å². The topological polar surface area (TPSA) is 130 Å². The van der Waals surface area contributed by atoms with Gasteiger partial charge in [0.25, 0.3) is 5.91 Å². The molecule has 4 aliphatic heterocycles. The summed E-state index contributed by atoms with van der Waals surface area (Å²) in [5.74, 6) is 0.811. The van der Waals surface area contributed by atoms with Gasteiger partial charge in [0.05, 0.1) is 38.1 Å². The summed E-state index contributed by atoms with van der Waals surface area (Å²) in [7, 11) is 0. The summed E-state index contributed by atoms with van der Waals surface area (Å²) in [5, 5.41) is 39.3. The Morgan fingerprint density at radius 3 is 2.63 bits per heavy atom. The highest BCUT2D eigenvalue weighted by Crippen LogP contribution is 2.43. The van der Waals surface area contributed by atoms with Gasteiger partial charge in [-0.25, -0.2) is 0 Å². The largest absolute Gasteiger partial charge is 0.508 e. The molecule has 10 heteroatoms. The minimum Gasteiger partial charge on any atom is -0.508 e. The number of phenolic OH excluding ortho intramolecular Hbond substituents is 1. The Labute approximate surface area is 272 Å². The van der Waals surface area contributed by atoms with Gasteiger partial charge in [-0.2, -0.15) is 0 Å². The first kappa shape index (κ1) is 33.2. The van der Waals surface area contributed by atoms with Crippen molar-refractivity contribution < 1.29 is 38.8 Å². The minimum absolute atomic E-state index is 0.0512. The van der Waals surface area contributed by atoms with Gasteiger partial charge in [0.2, 0.25) is 0 Å². The lowest BCUT2D eigenvalue weighted by Gasteiger charge is -2.53. The van der Waals surface area contributed by atoms with Crippen molar-refractivity contribution in [1.29, 1.82) is 0 Å². The van der Waals surface area contributed by atoms with Crippen molar-refractivity contribution in [2.45, 2.75) is 82.3 Å². The van der Waals surface area contributed by atoms with E-state index in [2.05, 4.69) is 17.6 Å². The summed E-state index contributed by atoms with van der Waals surface area (Å²) in [6, 6.07) is 13.0. The van der Waals surface area contributed by atoms with Gasteiger partial charge in [0, 0.05) is 36.9 Å². The maximum absolute atomic E-state index is 12.0. The van der Waals surface area contributed by atoms with Gasteiger partial charge in [-0.1, -0.05) is 56.5 Å². The number of nitrogens with zero attached hydrogens (tertiary/aromatic N) is 1. The van der Waals surface area contributed by atoms with Crippen LogP contribution in [0.25, 0.3) is 0 Å². The van der Waals surface area contributed by atoms with E-state index in [9.17, 15) is 20.1 Å². The number of carbonyl (C=O) groups excluding carboxylic acids is 1. The molecule has 7 rings (SSSR count). The molecule has 0 spiro atoms. The van der Waals surface area contributed by atoms with Crippen LogP contribution in [0, 0.1) is 11.8 Å². The number of ether oxygens (including phenoxy) is 3. The number of carbonyl (C=O) groups is 1. The molecule has 1 saturated carbocycles. The molecule has 4 atom stereocenters. The van der Waals surface area contributed by atoms with Gasteiger partial charge in [-0.15, -0.1) is 0 Å². The third kappa shape index (κ3) is 7.37. The van der Waals surface area contributed by atoms with E-state index in [4.69, 9.17) is 14.2 Å². The molecule has 252 valence electrons. The lowest BCUT2D eigenvalue weighted by Crippen LogP contribution is -2.65. The van der Waals surface area contributed by atoms with Gasteiger partial charge in [0.1, 0.15) is 42.5 Å². The predicted molar refractivity (Wildman–Crippen MR) is 174 cm³/mol. The number of piperidine rings is 3. The van der Waals surface area contributed by atoms with E-state index in [1.165, 1.54) is 25.0 Å². The van der Waals surface area contributed by atoms with Crippen LogP contribution < -0.4 is 15.4 Å². The van der Waals surface area contributed by atoms with Gasteiger partial charge >= 0.3 is 0 Å². The third-order valence-corrected chi connectivity index (χ3v) is 10.9. The van der Waals surface area contributed by atoms with Crippen LogP contribution in [0.4, 0.5) is 5.69 Å². The molecule has 2 aromatic rings. The number of rotatable bonds is 15. The highest BCUT2D eigenvalue weighted by atomic mass is 16.5. The van der Waals surface area contributed by atoms with Crippen LogP contribution in [0.15, 0.2) is 42.5 Å². The van der Waals surface area contributed by atoms with Crippen LogP contribution in [0.3, 0.4) is 0 Å². The molecule has 1 unspecified atom stereocenters. The van der Waals surface area contributed by atoms with Crippen molar-refractivity contribution in [1.82, 2.24) is 5.32 Å². The second-order valence-corrected chi connectivity index (χ2v) is 14.0. The normalized spacial score (nSPS) is 27.0. The summed E-state index contributed by atoms with van der Waals surface area (Å²) in [4.78, 5) is 11.7. The molecule has 5 aliphatic rings. The fourth-order valence-corrected chi connectivity index (χ4v) is 8.23.